The first-order valence-corrected chi connectivity index (χ1v) is 11.5. The molecule has 1 aliphatic rings. The number of methoxy groups -OCH3 is 1. The summed E-state index contributed by atoms with van der Waals surface area (Å²) in [6, 6.07) is 23.5. The average Bonchev–Trinajstić information content (AvgIpc) is 2.78. The van der Waals surface area contributed by atoms with Gasteiger partial charge in [-0.25, -0.2) is 8.42 Å². The van der Waals surface area contributed by atoms with Gasteiger partial charge in [0, 0.05) is 0 Å². The number of fused-ring (bicyclic) bond motifs is 5. The summed E-state index contributed by atoms with van der Waals surface area (Å²) in [7, 11) is -1.92. The number of hydrogen-bond acceptors (Lipinski definition) is 3. The molecule has 0 aromatic heterocycles. The van der Waals surface area contributed by atoms with Crippen LogP contribution in [0.4, 0.5) is 0 Å². The van der Waals surface area contributed by atoms with Gasteiger partial charge in [0.15, 0.2) is 9.84 Å². The number of rotatable bonds is 3. The maximum Gasteiger partial charge on any atom is 0.185 e. The van der Waals surface area contributed by atoms with Crippen LogP contribution in [0.5, 0.6) is 5.75 Å². The summed E-state index contributed by atoms with van der Waals surface area (Å²) in [5.41, 5.74) is 2.14. The molecular weight excluding hydrogens is 380 g/mol. The van der Waals surface area contributed by atoms with E-state index in [4.69, 9.17) is 4.74 Å². The van der Waals surface area contributed by atoms with Gasteiger partial charge in [0.25, 0.3) is 0 Å². The van der Waals surface area contributed by atoms with Gasteiger partial charge in [-0.05, 0) is 76.2 Å². The van der Waals surface area contributed by atoms with E-state index in [9.17, 15) is 8.42 Å². The molecule has 1 atom stereocenters. The van der Waals surface area contributed by atoms with Crippen LogP contribution in [-0.2, 0) is 16.3 Å². The van der Waals surface area contributed by atoms with Crippen LogP contribution in [0, 0.1) is 0 Å². The Morgan fingerprint density at radius 1 is 0.828 bits per heavy atom. The van der Waals surface area contributed by atoms with Crippen LogP contribution in [0.3, 0.4) is 0 Å². The van der Waals surface area contributed by atoms with Gasteiger partial charge < -0.3 is 4.74 Å². The first-order chi connectivity index (χ1) is 14.1. The molecule has 0 bridgehead atoms. The summed E-state index contributed by atoms with van der Waals surface area (Å²) in [6.07, 6.45) is 2.45. The Balaban J connectivity index is 1.73. The molecule has 4 heteroatoms. The van der Waals surface area contributed by atoms with Crippen molar-refractivity contribution in [2.75, 3.05) is 7.11 Å². The quantitative estimate of drug-likeness (QED) is 0.404. The van der Waals surface area contributed by atoms with Gasteiger partial charge >= 0.3 is 0 Å². The smallest absolute Gasteiger partial charge is 0.185 e. The fourth-order valence-electron chi connectivity index (χ4n) is 4.62. The van der Waals surface area contributed by atoms with E-state index in [-0.39, 0.29) is 0 Å². The normalized spacial score (nSPS) is 16.7. The van der Waals surface area contributed by atoms with Crippen LogP contribution in [-0.4, -0.2) is 15.5 Å². The molecule has 0 spiro atoms. The molecule has 4 aromatic carbocycles. The van der Waals surface area contributed by atoms with Crippen molar-refractivity contribution in [1.29, 1.82) is 0 Å². The maximum atomic E-state index is 13.6. The molecule has 5 rings (SSSR count). The monoisotopic (exact) mass is 402 g/mol. The van der Waals surface area contributed by atoms with E-state index in [1.165, 1.54) is 10.8 Å². The first-order valence-electron chi connectivity index (χ1n) is 9.91. The zero-order chi connectivity index (χ0) is 20.0. The lowest BCUT2D eigenvalue weighted by molar-refractivity contribution is 0.414. The highest BCUT2D eigenvalue weighted by atomic mass is 32.2. The van der Waals surface area contributed by atoms with E-state index in [0.29, 0.717) is 17.1 Å². The summed E-state index contributed by atoms with van der Waals surface area (Å²) < 4.78 is 32.4. The molecule has 0 saturated heterocycles. The summed E-state index contributed by atoms with van der Waals surface area (Å²) >= 11 is 0. The van der Waals surface area contributed by atoms with Gasteiger partial charge in [-0.15, -0.1) is 0 Å². The molecular formula is C25H22O3S. The van der Waals surface area contributed by atoms with E-state index < -0.39 is 15.1 Å². The lowest BCUT2D eigenvalue weighted by atomic mass is 9.86. The van der Waals surface area contributed by atoms with Crippen LogP contribution < -0.4 is 4.74 Å². The Hall–Kier alpha value is -2.85. The van der Waals surface area contributed by atoms with E-state index in [0.717, 1.165) is 34.7 Å². The van der Waals surface area contributed by atoms with Gasteiger partial charge in [-0.1, -0.05) is 48.5 Å². The molecule has 0 amide bonds. The molecule has 0 aliphatic heterocycles. The molecule has 0 radical (unpaired) electrons. The lowest BCUT2D eigenvalue weighted by Crippen LogP contribution is -2.19. The third kappa shape index (κ3) is 2.90. The molecule has 3 nitrogen and oxygen atoms in total. The Kier molecular flexibility index (Phi) is 4.32. The van der Waals surface area contributed by atoms with Crippen molar-refractivity contribution in [2.45, 2.75) is 29.4 Å². The summed E-state index contributed by atoms with van der Waals surface area (Å²) in [4.78, 5) is 0.356. The number of benzene rings is 4. The Bertz CT molecular complexity index is 1320. The van der Waals surface area contributed by atoms with Crippen molar-refractivity contribution in [3.8, 4) is 5.75 Å². The van der Waals surface area contributed by atoms with Crippen LogP contribution in [0.15, 0.2) is 77.7 Å². The summed E-state index contributed by atoms with van der Waals surface area (Å²) in [5, 5.41) is 4.00. The topological polar surface area (TPSA) is 43.4 Å². The van der Waals surface area contributed by atoms with Crippen molar-refractivity contribution in [1.82, 2.24) is 0 Å². The van der Waals surface area contributed by atoms with Crippen LogP contribution in [0.25, 0.3) is 21.5 Å². The molecule has 0 fully saturated rings. The van der Waals surface area contributed by atoms with Crippen LogP contribution in [0.1, 0.15) is 29.2 Å². The van der Waals surface area contributed by atoms with Crippen molar-refractivity contribution in [2.24, 2.45) is 0 Å². The zero-order valence-corrected chi connectivity index (χ0v) is 17.1. The number of aryl methyl sites for hydroxylation is 1. The fourth-order valence-corrected chi connectivity index (χ4v) is 6.53. The van der Waals surface area contributed by atoms with Gasteiger partial charge in [0.1, 0.15) is 5.75 Å². The first kappa shape index (κ1) is 18.2. The number of hydrogen-bond donors (Lipinski definition) is 0. The van der Waals surface area contributed by atoms with Crippen LogP contribution >= 0.6 is 0 Å². The fraction of sp³-hybridized carbons (Fsp3) is 0.200. The van der Waals surface area contributed by atoms with Crippen LogP contribution in [0.2, 0.25) is 0 Å². The predicted molar refractivity (Wildman–Crippen MR) is 117 cm³/mol. The second-order valence-electron chi connectivity index (χ2n) is 7.62. The molecule has 1 aliphatic carbocycles. The van der Waals surface area contributed by atoms with Gasteiger partial charge in [0.05, 0.1) is 17.3 Å². The largest absolute Gasteiger partial charge is 0.497 e. The van der Waals surface area contributed by atoms with E-state index in [2.05, 4.69) is 36.4 Å². The second-order valence-corrected chi connectivity index (χ2v) is 9.75. The Labute approximate surface area is 170 Å². The molecule has 1 unspecified atom stereocenters. The third-order valence-electron chi connectivity index (χ3n) is 6.05. The van der Waals surface area contributed by atoms with Crippen molar-refractivity contribution < 1.29 is 13.2 Å². The Morgan fingerprint density at radius 2 is 1.59 bits per heavy atom. The van der Waals surface area contributed by atoms with Crippen molar-refractivity contribution >= 4 is 31.4 Å². The summed E-state index contributed by atoms with van der Waals surface area (Å²) in [5.74, 6) is 0.657. The number of sulfone groups is 1. The minimum absolute atomic E-state index is 0.356. The number of ether oxygens (including phenoxy) is 1. The Morgan fingerprint density at radius 3 is 2.38 bits per heavy atom. The van der Waals surface area contributed by atoms with E-state index >= 15 is 0 Å². The molecule has 0 N–H and O–H groups in total. The van der Waals surface area contributed by atoms with Gasteiger partial charge in [-0.2, -0.15) is 0 Å². The lowest BCUT2D eigenvalue weighted by Gasteiger charge is -2.27. The highest BCUT2D eigenvalue weighted by molar-refractivity contribution is 7.91. The molecule has 0 saturated carbocycles. The van der Waals surface area contributed by atoms with Gasteiger partial charge in [0.2, 0.25) is 0 Å². The molecule has 0 heterocycles. The predicted octanol–water partition coefficient (Wildman–Crippen LogP) is 5.85. The van der Waals surface area contributed by atoms with E-state index in [1.54, 1.807) is 31.4 Å². The second kappa shape index (κ2) is 6.89. The minimum Gasteiger partial charge on any atom is -0.497 e. The van der Waals surface area contributed by atoms with Crippen molar-refractivity contribution in [3.05, 3.63) is 83.9 Å². The van der Waals surface area contributed by atoms with Crippen molar-refractivity contribution in [3.63, 3.8) is 0 Å². The standard InChI is InChI=1S/C25H22O3S/c1-28-19-11-13-20(14-12-19)29(26,27)24-8-4-6-18-10-15-22-21-7-3-2-5-17(21)9-16-23(22)25(18)24/h2-3,5,7,9-16,24H,4,6,8H2,1H3. The maximum absolute atomic E-state index is 13.6. The van der Waals surface area contributed by atoms with Gasteiger partial charge in [-0.3, -0.25) is 0 Å². The molecule has 146 valence electrons. The molecule has 29 heavy (non-hydrogen) atoms. The zero-order valence-electron chi connectivity index (χ0n) is 16.3. The third-order valence-corrected chi connectivity index (χ3v) is 8.20. The molecule has 4 aromatic rings. The highest BCUT2D eigenvalue weighted by Gasteiger charge is 2.34. The highest BCUT2D eigenvalue weighted by Crippen LogP contribution is 2.43. The minimum atomic E-state index is -3.50. The summed E-state index contributed by atoms with van der Waals surface area (Å²) in [6.45, 7) is 0. The average molecular weight is 403 g/mol. The van der Waals surface area contributed by atoms with E-state index in [1.807, 2.05) is 12.1 Å². The SMILES string of the molecule is COc1ccc(S(=O)(=O)C2CCCc3ccc4c(ccc5ccccc54)c32)cc1.